The van der Waals surface area contributed by atoms with Crippen molar-refractivity contribution in [3.8, 4) is 0 Å². The summed E-state index contributed by atoms with van der Waals surface area (Å²) in [7, 11) is 0. The molecule has 17 heavy (non-hydrogen) atoms. The molecule has 1 heterocycles. The maximum atomic E-state index is 11.5. The van der Waals surface area contributed by atoms with E-state index < -0.39 is 11.9 Å². The van der Waals surface area contributed by atoms with Gasteiger partial charge in [0, 0.05) is 25.4 Å². The lowest BCUT2D eigenvalue weighted by atomic mass is 10.1. The van der Waals surface area contributed by atoms with Crippen LogP contribution in [-0.4, -0.2) is 22.8 Å². The number of nitrogens with two attached hydrogens (primary N) is 2. The highest BCUT2D eigenvalue weighted by atomic mass is 16.2. The summed E-state index contributed by atoms with van der Waals surface area (Å²) in [4.78, 5) is 25.9. The van der Waals surface area contributed by atoms with E-state index in [1.165, 1.54) is 0 Å². The number of aromatic nitrogens is 1. The number of amides is 2. The maximum Gasteiger partial charge on any atom is 0.237 e. The first-order chi connectivity index (χ1) is 8.09. The average Bonchev–Trinajstić information content (AvgIpc) is 2.34. The van der Waals surface area contributed by atoms with Gasteiger partial charge in [0.15, 0.2) is 0 Å². The molecular weight excluding hydrogens is 220 g/mol. The van der Waals surface area contributed by atoms with Crippen LogP contribution in [0.4, 0.5) is 0 Å². The number of carbonyl (C=O) groups is 2. The van der Waals surface area contributed by atoms with Crippen molar-refractivity contribution in [2.75, 3.05) is 0 Å². The Labute approximate surface area is 99.4 Å². The molecule has 0 aliphatic rings. The van der Waals surface area contributed by atoms with Crippen molar-refractivity contribution in [1.29, 1.82) is 0 Å². The van der Waals surface area contributed by atoms with E-state index in [0.29, 0.717) is 6.54 Å². The first-order valence-electron chi connectivity index (χ1n) is 5.30. The van der Waals surface area contributed by atoms with Crippen molar-refractivity contribution in [2.24, 2.45) is 11.5 Å². The molecule has 0 spiro atoms. The number of nitrogens with zero attached hydrogens (tertiary/aromatic N) is 1. The van der Waals surface area contributed by atoms with Crippen molar-refractivity contribution >= 4 is 11.8 Å². The van der Waals surface area contributed by atoms with Gasteiger partial charge in [0.25, 0.3) is 0 Å². The Hall–Kier alpha value is -1.95. The van der Waals surface area contributed by atoms with Crippen molar-refractivity contribution in [1.82, 2.24) is 10.3 Å². The van der Waals surface area contributed by atoms with Gasteiger partial charge < -0.3 is 16.8 Å². The molecule has 92 valence electrons. The minimum absolute atomic E-state index is 0.115. The molecule has 6 nitrogen and oxygen atoms in total. The van der Waals surface area contributed by atoms with Crippen LogP contribution in [0.5, 0.6) is 0 Å². The number of hydrogen-bond donors (Lipinski definition) is 3. The molecule has 0 aromatic carbocycles. The fourth-order valence-electron chi connectivity index (χ4n) is 1.25. The molecule has 2 amide bonds. The first kappa shape index (κ1) is 13.1. The number of carbonyl (C=O) groups excluding carboxylic acids is 2. The van der Waals surface area contributed by atoms with Crippen LogP contribution >= 0.6 is 0 Å². The minimum Gasteiger partial charge on any atom is -0.370 e. The molecule has 0 saturated heterocycles. The molecule has 0 bridgehead atoms. The summed E-state index contributed by atoms with van der Waals surface area (Å²) in [5, 5.41) is 2.68. The second-order valence-electron chi connectivity index (χ2n) is 3.68. The average molecular weight is 236 g/mol. The molecule has 0 fully saturated rings. The Morgan fingerprint density at radius 3 is 2.59 bits per heavy atom. The third kappa shape index (κ3) is 5.07. The van der Waals surface area contributed by atoms with Gasteiger partial charge in [0.1, 0.15) is 0 Å². The van der Waals surface area contributed by atoms with Gasteiger partial charge in [-0.2, -0.15) is 0 Å². The first-order valence-corrected chi connectivity index (χ1v) is 5.30. The van der Waals surface area contributed by atoms with E-state index in [1.807, 2.05) is 0 Å². The van der Waals surface area contributed by atoms with E-state index in [0.717, 1.165) is 5.56 Å². The number of hydrogen-bond acceptors (Lipinski definition) is 4. The third-order valence-electron chi connectivity index (χ3n) is 2.25. The van der Waals surface area contributed by atoms with Crippen molar-refractivity contribution in [2.45, 2.75) is 25.4 Å². The Morgan fingerprint density at radius 2 is 2.00 bits per heavy atom. The molecule has 6 heteroatoms. The van der Waals surface area contributed by atoms with Crippen LogP contribution in [-0.2, 0) is 16.1 Å². The van der Waals surface area contributed by atoms with Crippen LogP contribution in [0.25, 0.3) is 0 Å². The maximum absolute atomic E-state index is 11.5. The van der Waals surface area contributed by atoms with E-state index in [4.69, 9.17) is 11.5 Å². The van der Waals surface area contributed by atoms with E-state index >= 15 is 0 Å². The minimum atomic E-state index is -0.704. The molecule has 0 aliphatic carbocycles. The SMILES string of the molecule is NC(=O)CCC(N)C(=O)NCc1ccncc1. The largest absolute Gasteiger partial charge is 0.370 e. The summed E-state index contributed by atoms with van der Waals surface area (Å²) in [6, 6.07) is 2.90. The summed E-state index contributed by atoms with van der Waals surface area (Å²) >= 11 is 0. The van der Waals surface area contributed by atoms with Crippen LogP contribution < -0.4 is 16.8 Å². The highest BCUT2D eigenvalue weighted by Crippen LogP contribution is 1.97. The lowest BCUT2D eigenvalue weighted by Crippen LogP contribution is -2.40. The quantitative estimate of drug-likeness (QED) is 0.605. The Kier molecular flexibility index (Phi) is 5.09. The van der Waals surface area contributed by atoms with E-state index in [-0.39, 0.29) is 18.7 Å². The second-order valence-corrected chi connectivity index (χ2v) is 3.68. The van der Waals surface area contributed by atoms with Gasteiger partial charge in [0.2, 0.25) is 11.8 Å². The highest BCUT2D eigenvalue weighted by Gasteiger charge is 2.13. The van der Waals surface area contributed by atoms with Gasteiger partial charge in [-0.3, -0.25) is 14.6 Å². The van der Waals surface area contributed by atoms with Gasteiger partial charge in [-0.1, -0.05) is 0 Å². The molecular formula is C11H16N4O2. The molecule has 0 radical (unpaired) electrons. The van der Waals surface area contributed by atoms with Gasteiger partial charge in [-0.15, -0.1) is 0 Å². The standard InChI is InChI=1S/C11H16N4O2/c12-9(1-2-10(13)16)11(17)15-7-8-3-5-14-6-4-8/h3-6,9H,1-2,7,12H2,(H2,13,16)(H,15,17). The summed E-state index contributed by atoms with van der Waals surface area (Å²) in [5.41, 5.74) is 11.5. The van der Waals surface area contributed by atoms with Gasteiger partial charge in [-0.25, -0.2) is 0 Å². The molecule has 1 rings (SSSR count). The Bertz CT molecular complexity index is 380. The predicted octanol–water partition coefficient (Wildman–Crippen LogP) is -0.709. The van der Waals surface area contributed by atoms with Crippen LogP contribution in [0.2, 0.25) is 0 Å². The van der Waals surface area contributed by atoms with Crippen molar-refractivity contribution in [3.63, 3.8) is 0 Å². The van der Waals surface area contributed by atoms with Crippen molar-refractivity contribution < 1.29 is 9.59 Å². The number of primary amides is 1. The zero-order chi connectivity index (χ0) is 12.7. The molecule has 1 aromatic heterocycles. The molecule has 1 unspecified atom stereocenters. The highest BCUT2D eigenvalue weighted by molar-refractivity contribution is 5.82. The zero-order valence-electron chi connectivity index (χ0n) is 9.43. The topological polar surface area (TPSA) is 111 Å². The monoisotopic (exact) mass is 236 g/mol. The molecule has 5 N–H and O–H groups in total. The second kappa shape index (κ2) is 6.59. The lowest BCUT2D eigenvalue weighted by molar-refractivity contribution is -0.123. The van der Waals surface area contributed by atoms with Crippen LogP contribution in [0, 0.1) is 0 Å². The van der Waals surface area contributed by atoms with Crippen LogP contribution in [0.1, 0.15) is 18.4 Å². The Balaban J connectivity index is 2.32. The number of rotatable bonds is 6. The van der Waals surface area contributed by atoms with E-state index in [9.17, 15) is 9.59 Å². The fraction of sp³-hybridized carbons (Fsp3) is 0.364. The zero-order valence-corrected chi connectivity index (χ0v) is 9.43. The summed E-state index contributed by atoms with van der Waals surface area (Å²) in [6.45, 7) is 0.394. The van der Waals surface area contributed by atoms with Crippen LogP contribution in [0.15, 0.2) is 24.5 Å². The summed E-state index contributed by atoms with van der Waals surface area (Å²) in [5.74, 6) is -0.745. The van der Waals surface area contributed by atoms with E-state index in [1.54, 1.807) is 24.5 Å². The molecule has 1 aromatic rings. The third-order valence-corrected chi connectivity index (χ3v) is 2.25. The Morgan fingerprint density at radius 1 is 1.35 bits per heavy atom. The van der Waals surface area contributed by atoms with Gasteiger partial charge in [-0.05, 0) is 24.1 Å². The van der Waals surface area contributed by atoms with Crippen LogP contribution in [0.3, 0.4) is 0 Å². The predicted molar refractivity (Wildman–Crippen MR) is 62.5 cm³/mol. The molecule has 0 aliphatic heterocycles. The summed E-state index contributed by atoms with van der Waals surface area (Å²) < 4.78 is 0. The number of nitrogens with one attached hydrogen (secondary N) is 1. The van der Waals surface area contributed by atoms with Crippen molar-refractivity contribution in [3.05, 3.63) is 30.1 Å². The lowest BCUT2D eigenvalue weighted by Gasteiger charge is -2.11. The summed E-state index contributed by atoms with van der Waals surface area (Å²) in [6.07, 6.45) is 3.67. The number of pyridine rings is 1. The molecule has 0 saturated carbocycles. The smallest absolute Gasteiger partial charge is 0.237 e. The fourth-order valence-corrected chi connectivity index (χ4v) is 1.25. The van der Waals surface area contributed by atoms with Gasteiger partial charge in [0.05, 0.1) is 6.04 Å². The van der Waals surface area contributed by atoms with Gasteiger partial charge >= 0.3 is 0 Å². The normalized spacial score (nSPS) is 11.8. The molecule has 1 atom stereocenters. The van der Waals surface area contributed by atoms with E-state index in [2.05, 4.69) is 10.3 Å².